The average Bonchev–Trinajstić information content (AvgIpc) is 2.98. The van der Waals surface area contributed by atoms with E-state index in [0.29, 0.717) is 31.0 Å². The van der Waals surface area contributed by atoms with Crippen molar-refractivity contribution < 1.29 is 17.9 Å². The predicted octanol–water partition coefficient (Wildman–Crippen LogP) is 1.98. The molecule has 1 aliphatic rings. The summed E-state index contributed by atoms with van der Waals surface area (Å²) in [5.74, 6) is 0.692. The first-order valence-electron chi connectivity index (χ1n) is 7.52. The Hall–Kier alpha value is -1.90. The van der Waals surface area contributed by atoms with E-state index in [4.69, 9.17) is 4.74 Å². The maximum atomic E-state index is 12.3. The molecule has 0 saturated heterocycles. The van der Waals surface area contributed by atoms with Gasteiger partial charge in [0.2, 0.25) is 10.0 Å². The molecule has 0 spiro atoms. The molecule has 2 heterocycles. The summed E-state index contributed by atoms with van der Waals surface area (Å²) >= 11 is 1.45. The van der Waals surface area contributed by atoms with Crippen LogP contribution in [0.15, 0.2) is 30.3 Å². The highest BCUT2D eigenvalue weighted by molar-refractivity contribution is 7.88. The normalized spacial score (nSPS) is 12.9. The Balaban J connectivity index is 1.61. The summed E-state index contributed by atoms with van der Waals surface area (Å²) in [6, 6.07) is 9.65. The quantitative estimate of drug-likeness (QED) is 0.766. The Morgan fingerprint density at radius 1 is 1.29 bits per heavy atom. The lowest BCUT2D eigenvalue weighted by Crippen LogP contribution is -2.29. The number of rotatable bonds is 6. The molecular formula is C16H18N2O4S2. The highest BCUT2D eigenvalue weighted by atomic mass is 32.2. The van der Waals surface area contributed by atoms with E-state index in [-0.39, 0.29) is 5.91 Å². The molecule has 0 atom stereocenters. The lowest BCUT2D eigenvalue weighted by Gasteiger charge is -2.16. The zero-order chi connectivity index (χ0) is 17.2. The third-order valence-electron chi connectivity index (χ3n) is 3.55. The lowest BCUT2D eigenvalue weighted by atomic mass is 10.1. The second-order valence-corrected chi connectivity index (χ2v) is 8.41. The number of carbonyl (C=O) groups excluding carboxylic acids is 1. The van der Waals surface area contributed by atoms with Crippen molar-refractivity contribution in [1.29, 1.82) is 0 Å². The summed E-state index contributed by atoms with van der Waals surface area (Å²) in [7, 11) is -3.18. The van der Waals surface area contributed by atoms with Crippen molar-refractivity contribution in [2.24, 2.45) is 0 Å². The molecule has 3 rings (SSSR count). The van der Waals surface area contributed by atoms with Crippen molar-refractivity contribution in [3.63, 3.8) is 0 Å². The molecule has 0 aliphatic carbocycles. The van der Waals surface area contributed by atoms with E-state index < -0.39 is 10.0 Å². The van der Waals surface area contributed by atoms with Crippen LogP contribution in [0.5, 0.6) is 5.75 Å². The molecule has 1 aliphatic heterocycles. The van der Waals surface area contributed by atoms with Gasteiger partial charge in [-0.05, 0) is 24.6 Å². The third-order valence-corrected chi connectivity index (χ3v) is 5.49. The van der Waals surface area contributed by atoms with Crippen molar-refractivity contribution in [3.05, 3.63) is 40.8 Å². The molecule has 128 valence electrons. The van der Waals surface area contributed by atoms with Gasteiger partial charge in [-0.1, -0.05) is 12.1 Å². The average molecular weight is 366 g/mol. The first kappa shape index (κ1) is 16.9. The smallest absolute Gasteiger partial charge is 0.261 e. The van der Waals surface area contributed by atoms with Gasteiger partial charge in [-0.2, -0.15) is 0 Å². The van der Waals surface area contributed by atoms with Crippen LogP contribution >= 0.6 is 11.3 Å². The molecule has 0 bridgehead atoms. The number of ether oxygens (including phenoxy) is 1. The van der Waals surface area contributed by atoms with E-state index >= 15 is 0 Å². The molecule has 2 aromatic rings. The van der Waals surface area contributed by atoms with Gasteiger partial charge in [0.1, 0.15) is 12.4 Å². The Bertz CT molecular complexity index is 859. The highest BCUT2D eigenvalue weighted by Crippen LogP contribution is 2.42. The van der Waals surface area contributed by atoms with E-state index in [9.17, 15) is 13.2 Å². The summed E-state index contributed by atoms with van der Waals surface area (Å²) < 4.78 is 30.0. The minimum atomic E-state index is -3.18. The van der Waals surface area contributed by atoms with Crippen molar-refractivity contribution in [1.82, 2.24) is 10.0 Å². The van der Waals surface area contributed by atoms with Crippen molar-refractivity contribution in [3.8, 4) is 16.2 Å². The summed E-state index contributed by atoms with van der Waals surface area (Å²) in [6.07, 6.45) is 1.65. The van der Waals surface area contributed by atoms with E-state index in [2.05, 4.69) is 10.0 Å². The van der Waals surface area contributed by atoms with E-state index in [1.165, 1.54) is 11.3 Å². The Labute approximate surface area is 144 Å². The molecule has 0 saturated carbocycles. The fraction of sp³-hybridized carbons (Fsp3) is 0.312. The highest BCUT2D eigenvalue weighted by Gasteiger charge is 2.22. The van der Waals surface area contributed by atoms with Gasteiger partial charge in [0, 0.05) is 29.1 Å². The second-order valence-electron chi connectivity index (χ2n) is 5.53. The van der Waals surface area contributed by atoms with Crippen LogP contribution in [-0.2, 0) is 16.6 Å². The molecule has 8 heteroatoms. The molecule has 6 nitrogen and oxygen atoms in total. The van der Waals surface area contributed by atoms with Gasteiger partial charge in [0.25, 0.3) is 5.91 Å². The first-order chi connectivity index (χ1) is 11.4. The number of carbonyl (C=O) groups is 1. The largest absolute Gasteiger partial charge is 0.488 e. The number of hydrogen-bond acceptors (Lipinski definition) is 5. The number of sulfonamides is 1. The van der Waals surface area contributed by atoms with Crippen LogP contribution in [0.3, 0.4) is 0 Å². The minimum Gasteiger partial charge on any atom is -0.488 e. The Kier molecular flexibility index (Phi) is 4.88. The molecular weight excluding hydrogens is 348 g/mol. The van der Waals surface area contributed by atoms with Crippen LogP contribution < -0.4 is 14.8 Å². The van der Waals surface area contributed by atoms with Crippen LogP contribution in [0.1, 0.15) is 21.7 Å². The SMILES string of the molecule is CS(=O)(=O)NCCCNC(=O)c1cc2c(s1)-c1ccccc1OC2. The van der Waals surface area contributed by atoms with Gasteiger partial charge in [0.05, 0.1) is 11.1 Å². The molecule has 0 radical (unpaired) electrons. The molecule has 1 aromatic carbocycles. The lowest BCUT2D eigenvalue weighted by molar-refractivity contribution is 0.0957. The predicted molar refractivity (Wildman–Crippen MR) is 93.9 cm³/mol. The zero-order valence-corrected chi connectivity index (χ0v) is 14.8. The number of nitrogens with one attached hydrogen (secondary N) is 2. The van der Waals surface area contributed by atoms with Crippen molar-refractivity contribution in [2.75, 3.05) is 19.3 Å². The number of thiophene rings is 1. The van der Waals surface area contributed by atoms with Crippen molar-refractivity contribution in [2.45, 2.75) is 13.0 Å². The number of para-hydroxylation sites is 1. The maximum absolute atomic E-state index is 12.3. The number of amides is 1. The molecule has 1 aromatic heterocycles. The van der Waals surface area contributed by atoms with Gasteiger partial charge in [-0.25, -0.2) is 13.1 Å². The molecule has 0 unspecified atom stereocenters. The van der Waals surface area contributed by atoms with Gasteiger partial charge < -0.3 is 10.1 Å². The van der Waals surface area contributed by atoms with E-state index in [1.54, 1.807) is 0 Å². The van der Waals surface area contributed by atoms with Gasteiger partial charge in [-0.3, -0.25) is 4.79 Å². The van der Waals surface area contributed by atoms with Gasteiger partial charge in [-0.15, -0.1) is 11.3 Å². The van der Waals surface area contributed by atoms with Crippen LogP contribution in [-0.4, -0.2) is 33.7 Å². The summed E-state index contributed by atoms with van der Waals surface area (Å²) in [5, 5.41) is 2.81. The first-order valence-corrected chi connectivity index (χ1v) is 10.2. The van der Waals surface area contributed by atoms with E-state index in [0.717, 1.165) is 28.0 Å². The number of hydrogen-bond donors (Lipinski definition) is 2. The minimum absolute atomic E-state index is 0.147. The molecule has 2 N–H and O–H groups in total. The molecule has 0 fully saturated rings. The zero-order valence-electron chi connectivity index (χ0n) is 13.2. The summed E-state index contributed by atoms with van der Waals surface area (Å²) in [5.41, 5.74) is 2.03. The maximum Gasteiger partial charge on any atom is 0.261 e. The monoisotopic (exact) mass is 366 g/mol. The van der Waals surface area contributed by atoms with Crippen molar-refractivity contribution >= 4 is 27.3 Å². The Morgan fingerprint density at radius 2 is 2.08 bits per heavy atom. The standard InChI is InChI=1S/C16H18N2O4S2/c1-24(20,21)18-8-4-7-17-16(19)14-9-11-10-22-13-6-3-2-5-12(13)15(11)23-14/h2-3,5-6,9,18H,4,7-8,10H2,1H3,(H,17,19). The number of fused-ring (bicyclic) bond motifs is 3. The third kappa shape index (κ3) is 3.95. The molecule has 24 heavy (non-hydrogen) atoms. The summed E-state index contributed by atoms with van der Waals surface area (Å²) in [4.78, 5) is 14.0. The van der Waals surface area contributed by atoms with Gasteiger partial charge in [0.15, 0.2) is 0 Å². The molecule has 1 amide bonds. The van der Waals surface area contributed by atoms with Gasteiger partial charge >= 0.3 is 0 Å². The van der Waals surface area contributed by atoms with Crippen LogP contribution in [0.25, 0.3) is 10.4 Å². The number of benzene rings is 1. The second kappa shape index (κ2) is 6.92. The fourth-order valence-electron chi connectivity index (χ4n) is 2.45. The topological polar surface area (TPSA) is 84.5 Å². The van der Waals surface area contributed by atoms with Crippen LogP contribution in [0.4, 0.5) is 0 Å². The van der Waals surface area contributed by atoms with Crippen LogP contribution in [0.2, 0.25) is 0 Å². The van der Waals surface area contributed by atoms with E-state index in [1.807, 2.05) is 30.3 Å². The summed E-state index contributed by atoms with van der Waals surface area (Å²) in [6.45, 7) is 1.19. The fourth-order valence-corrected chi connectivity index (χ4v) is 4.08. The van der Waals surface area contributed by atoms with Crippen LogP contribution in [0, 0.1) is 0 Å². The Morgan fingerprint density at radius 3 is 2.88 bits per heavy atom.